The predicted molar refractivity (Wildman–Crippen MR) is 109 cm³/mol. The molecule has 1 aliphatic heterocycles. The van der Waals surface area contributed by atoms with Crippen molar-refractivity contribution in [2.75, 3.05) is 38.1 Å². The molecule has 27 heavy (non-hydrogen) atoms. The topological polar surface area (TPSA) is 96.7 Å². The highest BCUT2D eigenvalue weighted by atomic mass is 35.5. The van der Waals surface area contributed by atoms with Gasteiger partial charge in [0.15, 0.2) is 0 Å². The fourth-order valence-electron chi connectivity index (χ4n) is 2.83. The van der Waals surface area contributed by atoms with Crippen LogP contribution in [0.5, 0.6) is 5.75 Å². The number of piperidine rings is 1. The number of nitrogens with two attached hydrogens (primary N) is 1. The second-order valence-corrected chi connectivity index (χ2v) is 7.02. The average Bonchev–Trinajstić information content (AvgIpc) is 2.65. The number of amides is 3. The molecule has 1 unspecified atom stereocenters. The zero-order chi connectivity index (χ0) is 18.9. The molecule has 7 nitrogen and oxygen atoms in total. The number of halogens is 1. The number of hydrogen-bond acceptors (Lipinski definition) is 4. The number of carbonyl (C=O) groups is 2. The summed E-state index contributed by atoms with van der Waals surface area (Å²) in [5.41, 5.74) is 6.13. The summed E-state index contributed by atoms with van der Waals surface area (Å²) in [5.74, 6) is 0.877. The second kappa shape index (κ2) is 11.7. The molecule has 1 aromatic carbocycles. The summed E-state index contributed by atoms with van der Waals surface area (Å²) in [6.07, 6.45) is 1.62. The maximum atomic E-state index is 12.5. The molecule has 0 spiro atoms. The molecule has 2 rings (SSSR count). The number of anilines is 1. The fraction of sp³-hybridized carbons (Fsp3) is 0.579. The van der Waals surface area contributed by atoms with E-state index in [9.17, 15) is 9.59 Å². The smallest absolute Gasteiger partial charge is 0.317 e. The zero-order valence-electron chi connectivity index (χ0n) is 16.1. The van der Waals surface area contributed by atoms with Gasteiger partial charge >= 0.3 is 6.03 Å². The molecule has 0 bridgehead atoms. The minimum absolute atomic E-state index is 0. The van der Waals surface area contributed by atoms with Crippen molar-refractivity contribution in [1.82, 2.24) is 10.2 Å². The zero-order valence-corrected chi connectivity index (χ0v) is 16.9. The Balaban J connectivity index is 0.00000364. The number of urea groups is 1. The van der Waals surface area contributed by atoms with E-state index in [0.29, 0.717) is 38.7 Å². The molecule has 0 saturated carbocycles. The Morgan fingerprint density at radius 2 is 2.00 bits per heavy atom. The van der Waals surface area contributed by atoms with Crippen molar-refractivity contribution in [1.29, 1.82) is 0 Å². The highest BCUT2D eigenvalue weighted by Crippen LogP contribution is 2.20. The molecule has 0 radical (unpaired) electrons. The van der Waals surface area contributed by atoms with E-state index in [0.717, 1.165) is 24.3 Å². The highest BCUT2D eigenvalue weighted by molar-refractivity contribution is 5.93. The van der Waals surface area contributed by atoms with Crippen LogP contribution in [-0.2, 0) is 4.79 Å². The minimum atomic E-state index is -0.193. The number of rotatable bonds is 7. The Morgan fingerprint density at radius 3 is 2.63 bits per heavy atom. The third kappa shape index (κ3) is 7.64. The van der Waals surface area contributed by atoms with Gasteiger partial charge in [0.25, 0.3) is 0 Å². The molecule has 152 valence electrons. The SMILES string of the molecule is CC(C)CNC(=O)N1CCCC(C(=O)Nc2ccc(OCCN)cc2)C1.Cl. The van der Waals surface area contributed by atoms with Gasteiger partial charge in [0, 0.05) is 31.9 Å². The molecule has 8 heteroatoms. The van der Waals surface area contributed by atoms with E-state index in [1.165, 1.54) is 0 Å². The quantitative estimate of drug-likeness (QED) is 0.657. The molecule has 1 atom stereocenters. The minimum Gasteiger partial charge on any atom is -0.492 e. The third-order valence-electron chi connectivity index (χ3n) is 4.25. The van der Waals surface area contributed by atoms with Crippen LogP contribution < -0.4 is 21.1 Å². The maximum Gasteiger partial charge on any atom is 0.317 e. The summed E-state index contributed by atoms with van der Waals surface area (Å²) in [6.45, 7) is 6.82. The van der Waals surface area contributed by atoms with Gasteiger partial charge in [0.1, 0.15) is 12.4 Å². The summed E-state index contributed by atoms with van der Waals surface area (Å²) in [6, 6.07) is 7.13. The number of hydrogen-bond donors (Lipinski definition) is 3. The number of benzene rings is 1. The van der Waals surface area contributed by atoms with Crippen LogP contribution in [-0.4, -0.2) is 49.6 Å². The number of likely N-dealkylation sites (tertiary alicyclic amines) is 1. The molecule has 1 heterocycles. The summed E-state index contributed by atoms with van der Waals surface area (Å²) >= 11 is 0. The monoisotopic (exact) mass is 398 g/mol. The van der Waals surface area contributed by atoms with Crippen LogP contribution >= 0.6 is 12.4 Å². The maximum absolute atomic E-state index is 12.5. The first-order valence-corrected chi connectivity index (χ1v) is 9.26. The van der Waals surface area contributed by atoms with Gasteiger partial charge in [0.05, 0.1) is 5.92 Å². The van der Waals surface area contributed by atoms with Gasteiger partial charge in [-0.05, 0) is 43.0 Å². The van der Waals surface area contributed by atoms with E-state index in [-0.39, 0.29) is 30.3 Å². The van der Waals surface area contributed by atoms with Crippen molar-refractivity contribution in [2.45, 2.75) is 26.7 Å². The lowest BCUT2D eigenvalue weighted by Crippen LogP contribution is -2.48. The van der Waals surface area contributed by atoms with Crippen molar-refractivity contribution in [3.05, 3.63) is 24.3 Å². The second-order valence-electron chi connectivity index (χ2n) is 7.02. The largest absolute Gasteiger partial charge is 0.492 e. The Bertz CT molecular complexity index is 595. The Morgan fingerprint density at radius 1 is 1.30 bits per heavy atom. The first-order valence-electron chi connectivity index (χ1n) is 9.26. The molecule has 0 aliphatic carbocycles. The van der Waals surface area contributed by atoms with Gasteiger partial charge in [-0.15, -0.1) is 12.4 Å². The Kier molecular flexibility index (Phi) is 9.96. The standard InChI is InChI=1S/C19H30N4O3.ClH/c1-14(2)12-21-19(25)23-10-3-4-15(13-23)18(24)22-16-5-7-17(8-6-16)26-11-9-20;/h5-8,14-15H,3-4,9-13,20H2,1-2H3,(H,21,25)(H,22,24);1H. The molecule has 4 N–H and O–H groups in total. The first kappa shape index (κ1) is 23.0. The summed E-state index contributed by atoms with van der Waals surface area (Å²) < 4.78 is 5.42. The molecule has 3 amide bonds. The third-order valence-corrected chi connectivity index (χ3v) is 4.25. The van der Waals surface area contributed by atoms with Gasteiger partial charge in [-0.3, -0.25) is 4.79 Å². The average molecular weight is 399 g/mol. The molecular formula is C19H31ClN4O3. The summed E-state index contributed by atoms with van der Waals surface area (Å²) in [4.78, 5) is 26.5. The van der Waals surface area contributed by atoms with Crippen LogP contribution in [0.1, 0.15) is 26.7 Å². The van der Waals surface area contributed by atoms with Crippen LogP contribution in [0.25, 0.3) is 0 Å². The van der Waals surface area contributed by atoms with E-state index in [1.54, 1.807) is 29.2 Å². The fourth-order valence-corrected chi connectivity index (χ4v) is 2.83. The number of ether oxygens (including phenoxy) is 1. The van der Waals surface area contributed by atoms with Crippen LogP contribution in [0.15, 0.2) is 24.3 Å². The van der Waals surface area contributed by atoms with E-state index in [4.69, 9.17) is 10.5 Å². The lowest BCUT2D eigenvalue weighted by Gasteiger charge is -2.32. The molecule has 1 saturated heterocycles. The van der Waals surface area contributed by atoms with Crippen LogP contribution in [0.3, 0.4) is 0 Å². The van der Waals surface area contributed by atoms with Crippen molar-refractivity contribution < 1.29 is 14.3 Å². The van der Waals surface area contributed by atoms with Gasteiger partial charge in [-0.1, -0.05) is 13.8 Å². The van der Waals surface area contributed by atoms with Crippen molar-refractivity contribution >= 4 is 30.0 Å². The van der Waals surface area contributed by atoms with Gasteiger partial charge < -0.3 is 26.0 Å². The lowest BCUT2D eigenvalue weighted by molar-refractivity contribution is -0.121. The Labute approximate surface area is 167 Å². The molecular weight excluding hydrogens is 368 g/mol. The first-order chi connectivity index (χ1) is 12.5. The predicted octanol–water partition coefficient (Wildman–Crippen LogP) is 2.46. The van der Waals surface area contributed by atoms with Crippen molar-refractivity contribution in [3.63, 3.8) is 0 Å². The van der Waals surface area contributed by atoms with Gasteiger partial charge in [-0.2, -0.15) is 0 Å². The molecule has 1 aromatic rings. The van der Waals surface area contributed by atoms with Gasteiger partial charge in [0.2, 0.25) is 5.91 Å². The van der Waals surface area contributed by atoms with Crippen LogP contribution in [0, 0.1) is 11.8 Å². The summed E-state index contributed by atoms with van der Waals surface area (Å²) in [5, 5.41) is 5.84. The van der Waals surface area contributed by atoms with E-state index in [1.807, 2.05) is 0 Å². The molecule has 0 aromatic heterocycles. The molecule has 1 aliphatic rings. The van der Waals surface area contributed by atoms with Crippen LogP contribution in [0.4, 0.5) is 10.5 Å². The number of carbonyl (C=O) groups excluding carboxylic acids is 2. The highest BCUT2D eigenvalue weighted by Gasteiger charge is 2.28. The number of nitrogens with one attached hydrogen (secondary N) is 2. The van der Waals surface area contributed by atoms with E-state index < -0.39 is 0 Å². The van der Waals surface area contributed by atoms with Gasteiger partial charge in [-0.25, -0.2) is 4.79 Å². The van der Waals surface area contributed by atoms with E-state index in [2.05, 4.69) is 24.5 Å². The lowest BCUT2D eigenvalue weighted by atomic mass is 9.97. The van der Waals surface area contributed by atoms with Crippen molar-refractivity contribution in [3.8, 4) is 5.75 Å². The van der Waals surface area contributed by atoms with E-state index >= 15 is 0 Å². The summed E-state index contributed by atoms with van der Waals surface area (Å²) in [7, 11) is 0. The normalized spacial score (nSPS) is 16.4. The molecule has 1 fully saturated rings. The number of nitrogens with zero attached hydrogens (tertiary/aromatic N) is 1. The van der Waals surface area contributed by atoms with Crippen molar-refractivity contribution in [2.24, 2.45) is 17.6 Å². The van der Waals surface area contributed by atoms with Crippen LogP contribution in [0.2, 0.25) is 0 Å². The Hall–Kier alpha value is -1.99.